The summed E-state index contributed by atoms with van der Waals surface area (Å²) in [5.74, 6) is 1.51. The van der Waals surface area contributed by atoms with Crippen LogP contribution in [0, 0.1) is 34.5 Å². The molecule has 3 N–H and O–H groups in total. The van der Waals surface area contributed by atoms with E-state index in [1.807, 2.05) is 0 Å². The second-order valence-corrected chi connectivity index (χ2v) is 4.89. The largest absolute Gasteiger partial charge is 0.344 e. The van der Waals surface area contributed by atoms with Crippen molar-refractivity contribution in [1.29, 1.82) is 10.5 Å². The molecule has 0 fully saturated rings. The van der Waals surface area contributed by atoms with Crippen molar-refractivity contribution in [2.45, 2.75) is 66.2 Å². The molecule has 0 unspecified atom stereocenters. The number of unbranched alkanes of at least 4 members (excludes halogenated alkanes) is 2. The Kier molecular flexibility index (Phi) is 21.7. The standard InChI is InChI=1S/2C7H13N.H3N/c2*1-7(2)5-3-4-6-8;/h2*7H,3-5H2,1-2H3;1H3. The lowest BCUT2D eigenvalue weighted by Crippen LogP contribution is -1.84. The van der Waals surface area contributed by atoms with Crippen LogP contribution in [-0.2, 0) is 0 Å². The lowest BCUT2D eigenvalue weighted by Gasteiger charge is -1.98. The van der Waals surface area contributed by atoms with Crippen LogP contribution < -0.4 is 6.15 Å². The van der Waals surface area contributed by atoms with Gasteiger partial charge in [0, 0.05) is 12.8 Å². The molecule has 0 amide bonds. The monoisotopic (exact) mass is 239 g/mol. The molecule has 0 atom stereocenters. The Morgan fingerprint density at radius 3 is 1.24 bits per heavy atom. The van der Waals surface area contributed by atoms with Crippen LogP contribution in [0.4, 0.5) is 0 Å². The fourth-order valence-electron chi connectivity index (χ4n) is 1.18. The third-order valence-electron chi connectivity index (χ3n) is 2.14. The third kappa shape index (κ3) is 31.3. The average molecular weight is 239 g/mol. The van der Waals surface area contributed by atoms with Crippen LogP contribution >= 0.6 is 0 Å². The predicted molar refractivity (Wildman–Crippen MR) is 73.6 cm³/mol. The first-order valence-electron chi connectivity index (χ1n) is 6.28. The van der Waals surface area contributed by atoms with Crippen molar-refractivity contribution in [3.05, 3.63) is 0 Å². The first-order chi connectivity index (χ1) is 7.54. The molecule has 0 bridgehead atoms. The van der Waals surface area contributed by atoms with Gasteiger partial charge in [-0.2, -0.15) is 10.5 Å². The summed E-state index contributed by atoms with van der Waals surface area (Å²) in [4.78, 5) is 0. The highest BCUT2D eigenvalue weighted by Gasteiger charge is 1.91. The molecular formula is C14H29N3. The van der Waals surface area contributed by atoms with Crippen LogP contribution in [0.5, 0.6) is 0 Å². The van der Waals surface area contributed by atoms with Gasteiger partial charge in [0.15, 0.2) is 0 Å². The highest BCUT2D eigenvalue weighted by atomic mass is 14.2. The molecular weight excluding hydrogens is 210 g/mol. The molecule has 0 radical (unpaired) electrons. The van der Waals surface area contributed by atoms with Crippen molar-refractivity contribution in [3.8, 4) is 12.1 Å². The van der Waals surface area contributed by atoms with E-state index in [9.17, 15) is 0 Å². The fraction of sp³-hybridized carbons (Fsp3) is 0.857. The maximum Gasteiger partial charge on any atom is 0.0621 e. The Bertz CT molecular complexity index is 184. The minimum Gasteiger partial charge on any atom is -0.344 e. The van der Waals surface area contributed by atoms with E-state index in [0.717, 1.165) is 37.5 Å². The van der Waals surface area contributed by atoms with Gasteiger partial charge in [-0.25, -0.2) is 0 Å². The molecule has 0 saturated carbocycles. The van der Waals surface area contributed by atoms with Crippen LogP contribution in [0.1, 0.15) is 66.2 Å². The minimum absolute atomic E-state index is 0. The predicted octanol–water partition coefficient (Wildman–Crippen LogP) is 4.83. The van der Waals surface area contributed by atoms with Gasteiger partial charge in [-0.1, -0.05) is 27.7 Å². The lowest BCUT2D eigenvalue weighted by atomic mass is 10.1. The Morgan fingerprint density at radius 1 is 0.765 bits per heavy atom. The van der Waals surface area contributed by atoms with Crippen molar-refractivity contribution >= 4 is 0 Å². The summed E-state index contributed by atoms with van der Waals surface area (Å²) in [5, 5.41) is 16.3. The zero-order valence-corrected chi connectivity index (χ0v) is 12.0. The highest BCUT2D eigenvalue weighted by molar-refractivity contribution is 4.68. The zero-order chi connectivity index (χ0) is 12.8. The summed E-state index contributed by atoms with van der Waals surface area (Å²) < 4.78 is 0. The summed E-state index contributed by atoms with van der Waals surface area (Å²) in [6.07, 6.45) is 5.94. The molecule has 0 aromatic rings. The van der Waals surface area contributed by atoms with E-state index >= 15 is 0 Å². The maximum absolute atomic E-state index is 8.13. The summed E-state index contributed by atoms with van der Waals surface area (Å²) in [6.45, 7) is 8.71. The average Bonchev–Trinajstić information content (AvgIpc) is 2.18. The fourth-order valence-corrected chi connectivity index (χ4v) is 1.18. The molecule has 100 valence electrons. The van der Waals surface area contributed by atoms with Crippen molar-refractivity contribution < 1.29 is 0 Å². The van der Waals surface area contributed by atoms with Crippen LogP contribution in [0.15, 0.2) is 0 Å². The zero-order valence-electron chi connectivity index (χ0n) is 12.0. The Morgan fingerprint density at radius 2 is 1.06 bits per heavy atom. The van der Waals surface area contributed by atoms with E-state index in [1.165, 1.54) is 12.8 Å². The molecule has 0 aliphatic carbocycles. The van der Waals surface area contributed by atoms with Gasteiger partial charge in [0.1, 0.15) is 0 Å². The first-order valence-corrected chi connectivity index (χ1v) is 6.28. The lowest BCUT2D eigenvalue weighted by molar-refractivity contribution is 0.561. The second kappa shape index (κ2) is 17.3. The molecule has 0 aromatic carbocycles. The van der Waals surface area contributed by atoms with Gasteiger partial charge < -0.3 is 6.15 Å². The number of hydrogen-bond acceptors (Lipinski definition) is 3. The van der Waals surface area contributed by atoms with Gasteiger partial charge in [-0.3, -0.25) is 0 Å². The van der Waals surface area contributed by atoms with E-state index in [2.05, 4.69) is 39.8 Å². The Hall–Kier alpha value is -1.06. The second-order valence-electron chi connectivity index (χ2n) is 4.89. The van der Waals surface area contributed by atoms with E-state index < -0.39 is 0 Å². The quantitative estimate of drug-likeness (QED) is 0.673. The summed E-state index contributed by atoms with van der Waals surface area (Å²) >= 11 is 0. The Labute approximate surface area is 107 Å². The summed E-state index contributed by atoms with van der Waals surface area (Å²) in [6, 6.07) is 4.25. The molecule has 0 rings (SSSR count). The van der Waals surface area contributed by atoms with Crippen LogP contribution in [-0.4, -0.2) is 0 Å². The van der Waals surface area contributed by atoms with E-state index in [0.29, 0.717) is 0 Å². The Balaban J connectivity index is -0.000000218. The van der Waals surface area contributed by atoms with Gasteiger partial charge in [0.25, 0.3) is 0 Å². The van der Waals surface area contributed by atoms with Crippen LogP contribution in [0.2, 0.25) is 0 Å². The van der Waals surface area contributed by atoms with Gasteiger partial charge in [-0.05, 0) is 37.5 Å². The van der Waals surface area contributed by atoms with Crippen molar-refractivity contribution in [3.63, 3.8) is 0 Å². The van der Waals surface area contributed by atoms with Crippen molar-refractivity contribution in [2.75, 3.05) is 0 Å². The van der Waals surface area contributed by atoms with Crippen molar-refractivity contribution in [1.82, 2.24) is 6.15 Å². The topological polar surface area (TPSA) is 82.6 Å². The maximum atomic E-state index is 8.13. The number of nitrogens with zero attached hydrogens (tertiary/aromatic N) is 2. The highest BCUT2D eigenvalue weighted by Crippen LogP contribution is 2.04. The molecule has 3 nitrogen and oxygen atoms in total. The van der Waals surface area contributed by atoms with Crippen LogP contribution in [0.3, 0.4) is 0 Å². The first kappa shape index (κ1) is 21.2. The molecule has 0 aromatic heterocycles. The van der Waals surface area contributed by atoms with Crippen LogP contribution in [0.25, 0.3) is 0 Å². The molecule has 0 saturated heterocycles. The summed E-state index contributed by atoms with van der Waals surface area (Å²) in [5.41, 5.74) is 0. The van der Waals surface area contributed by atoms with Crippen molar-refractivity contribution in [2.24, 2.45) is 11.8 Å². The number of hydrogen-bond donors (Lipinski definition) is 1. The molecule has 0 spiro atoms. The molecule has 17 heavy (non-hydrogen) atoms. The SMILES string of the molecule is CC(C)CCCC#N.CC(C)CCCC#N.N. The van der Waals surface area contributed by atoms with Gasteiger partial charge in [0.05, 0.1) is 12.1 Å². The van der Waals surface area contributed by atoms with E-state index in [1.54, 1.807) is 0 Å². The number of nitriles is 2. The molecule has 0 aliphatic rings. The molecule has 0 aliphatic heterocycles. The minimum atomic E-state index is 0. The van der Waals surface area contributed by atoms with E-state index in [-0.39, 0.29) is 6.15 Å². The van der Waals surface area contributed by atoms with E-state index in [4.69, 9.17) is 10.5 Å². The van der Waals surface area contributed by atoms with Gasteiger partial charge in [0.2, 0.25) is 0 Å². The third-order valence-corrected chi connectivity index (χ3v) is 2.14. The van der Waals surface area contributed by atoms with Gasteiger partial charge >= 0.3 is 0 Å². The normalized spacial score (nSPS) is 8.71. The molecule has 3 heteroatoms. The number of rotatable bonds is 6. The smallest absolute Gasteiger partial charge is 0.0621 e. The van der Waals surface area contributed by atoms with Gasteiger partial charge in [-0.15, -0.1) is 0 Å². The molecule has 0 heterocycles. The summed E-state index contributed by atoms with van der Waals surface area (Å²) in [7, 11) is 0.